The van der Waals surface area contributed by atoms with E-state index in [4.69, 9.17) is 15.3 Å². The number of nitrogens with zero attached hydrogens (tertiary/aromatic N) is 2. The quantitative estimate of drug-likeness (QED) is 0.752. The third-order valence-electron chi connectivity index (χ3n) is 2.19. The van der Waals surface area contributed by atoms with E-state index in [-0.39, 0.29) is 0 Å². The van der Waals surface area contributed by atoms with Crippen molar-refractivity contribution in [1.29, 1.82) is 10.5 Å². The largest absolute Gasteiger partial charge is 0.497 e. The number of hydrogen-bond donors (Lipinski definition) is 0. The summed E-state index contributed by atoms with van der Waals surface area (Å²) in [5.74, 6) is 0.741. The molecule has 0 heterocycles. The minimum atomic E-state index is -0.966. The first-order valence-corrected chi connectivity index (χ1v) is 4.59. The van der Waals surface area contributed by atoms with Crippen LogP contribution in [0.1, 0.15) is 12.5 Å². The first-order valence-electron chi connectivity index (χ1n) is 4.59. The first kappa shape index (κ1) is 11.1. The maximum atomic E-state index is 8.87. The Morgan fingerprint density at radius 2 is 2.00 bits per heavy atom. The summed E-state index contributed by atoms with van der Waals surface area (Å²) in [7, 11) is 1.59. The molecule has 0 aliphatic heterocycles. The molecule has 0 saturated heterocycles. The average molecular weight is 200 g/mol. The molecule has 0 bridgehead atoms. The maximum absolute atomic E-state index is 8.87. The van der Waals surface area contributed by atoms with Crippen molar-refractivity contribution in [2.24, 2.45) is 5.41 Å². The van der Waals surface area contributed by atoms with Crippen LogP contribution < -0.4 is 4.74 Å². The molecular weight excluding hydrogens is 188 g/mol. The highest BCUT2D eigenvalue weighted by Crippen LogP contribution is 2.22. The number of nitriles is 2. The lowest BCUT2D eigenvalue weighted by Gasteiger charge is -2.12. The Morgan fingerprint density at radius 1 is 1.33 bits per heavy atom. The lowest BCUT2D eigenvalue weighted by molar-refractivity contribution is 0.413. The predicted octanol–water partition coefficient (Wildman–Crippen LogP) is 2.29. The van der Waals surface area contributed by atoms with Gasteiger partial charge in [-0.2, -0.15) is 10.5 Å². The molecule has 15 heavy (non-hydrogen) atoms. The second-order valence-corrected chi connectivity index (χ2v) is 3.58. The minimum Gasteiger partial charge on any atom is -0.497 e. The maximum Gasteiger partial charge on any atom is 0.145 e. The zero-order valence-electron chi connectivity index (χ0n) is 8.82. The molecule has 0 spiro atoms. The van der Waals surface area contributed by atoms with Gasteiger partial charge in [-0.25, -0.2) is 0 Å². The van der Waals surface area contributed by atoms with Gasteiger partial charge in [-0.3, -0.25) is 0 Å². The van der Waals surface area contributed by atoms with Gasteiger partial charge in [0.25, 0.3) is 0 Å². The van der Waals surface area contributed by atoms with Crippen LogP contribution in [0.5, 0.6) is 5.75 Å². The van der Waals surface area contributed by atoms with Crippen LogP contribution >= 0.6 is 0 Å². The van der Waals surface area contributed by atoms with Crippen molar-refractivity contribution in [3.63, 3.8) is 0 Å². The van der Waals surface area contributed by atoms with Gasteiger partial charge in [0.05, 0.1) is 19.2 Å². The molecule has 0 N–H and O–H groups in total. The zero-order chi connectivity index (χ0) is 11.3. The fraction of sp³-hybridized carbons (Fsp3) is 0.333. The topological polar surface area (TPSA) is 56.8 Å². The molecule has 1 aromatic carbocycles. The van der Waals surface area contributed by atoms with Gasteiger partial charge < -0.3 is 4.74 Å². The van der Waals surface area contributed by atoms with Crippen LogP contribution in [-0.4, -0.2) is 7.11 Å². The van der Waals surface area contributed by atoms with E-state index in [0.717, 1.165) is 11.3 Å². The molecule has 0 amide bonds. The molecule has 0 radical (unpaired) electrons. The normalized spacial score (nSPS) is 10.1. The smallest absolute Gasteiger partial charge is 0.145 e. The lowest BCUT2D eigenvalue weighted by Crippen LogP contribution is -2.14. The Bertz CT molecular complexity index is 412. The lowest BCUT2D eigenvalue weighted by atomic mass is 9.87. The molecule has 3 heteroatoms. The molecule has 0 fully saturated rings. The van der Waals surface area contributed by atoms with E-state index in [1.165, 1.54) is 0 Å². The van der Waals surface area contributed by atoms with Gasteiger partial charge >= 0.3 is 0 Å². The Hall–Kier alpha value is -2.00. The number of benzene rings is 1. The van der Waals surface area contributed by atoms with Gasteiger partial charge in [-0.05, 0) is 24.6 Å². The van der Waals surface area contributed by atoms with Crippen molar-refractivity contribution >= 4 is 0 Å². The summed E-state index contributed by atoms with van der Waals surface area (Å²) in [6, 6.07) is 11.4. The van der Waals surface area contributed by atoms with Gasteiger partial charge in [0.1, 0.15) is 11.2 Å². The van der Waals surface area contributed by atoms with E-state index in [1.807, 2.05) is 36.4 Å². The molecule has 76 valence electrons. The van der Waals surface area contributed by atoms with E-state index in [2.05, 4.69) is 0 Å². The van der Waals surface area contributed by atoms with Crippen LogP contribution in [0.2, 0.25) is 0 Å². The highest BCUT2D eigenvalue weighted by Gasteiger charge is 2.23. The fourth-order valence-corrected chi connectivity index (χ4v) is 1.29. The van der Waals surface area contributed by atoms with Crippen LogP contribution in [0, 0.1) is 28.1 Å². The number of hydrogen-bond acceptors (Lipinski definition) is 3. The minimum absolute atomic E-state index is 0.414. The van der Waals surface area contributed by atoms with Crippen LogP contribution in [0.3, 0.4) is 0 Å². The Balaban J connectivity index is 2.91. The molecule has 1 rings (SSSR count). The summed E-state index contributed by atoms with van der Waals surface area (Å²) in [5.41, 5.74) is -0.0354. The second kappa shape index (κ2) is 4.48. The van der Waals surface area contributed by atoms with Crippen molar-refractivity contribution in [1.82, 2.24) is 0 Å². The first-order chi connectivity index (χ1) is 7.13. The Kier molecular flexibility index (Phi) is 3.31. The molecule has 0 atom stereocenters. The monoisotopic (exact) mass is 200 g/mol. The third-order valence-corrected chi connectivity index (χ3v) is 2.19. The number of methoxy groups -OCH3 is 1. The molecule has 3 nitrogen and oxygen atoms in total. The average Bonchev–Trinajstić information content (AvgIpc) is 2.29. The zero-order valence-corrected chi connectivity index (χ0v) is 8.82. The highest BCUT2D eigenvalue weighted by atomic mass is 16.5. The van der Waals surface area contributed by atoms with Crippen LogP contribution in [-0.2, 0) is 6.42 Å². The van der Waals surface area contributed by atoms with Gasteiger partial charge in [0, 0.05) is 6.42 Å². The van der Waals surface area contributed by atoms with E-state index >= 15 is 0 Å². The van der Waals surface area contributed by atoms with E-state index < -0.39 is 5.41 Å². The van der Waals surface area contributed by atoms with Crippen molar-refractivity contribution in [3.05, 3.63) is 29.8 Å². The molecule has 0 aliphatic rings. The summed E-state index contributed by atoms with van der Waals surface area (Å²) >= 11 is 0. The fourth-order valence-electron chi connectivity index (χ4n) is 1.29. The summed E-state index contributed by atoms with van der Waals surface area (Å²) in [6.45, 7) is 1.63. The van der Waals surface area contributed by atoms with Crippen molar-refractivity contribution in [2.75, 3.05) is 7.11 Å². The number of ether oxygens (including phenoxy) is 1. The van der Waals surface area contributed by atoms with Crippen molar-refractivity contribution in [2.45, 2.75) is 13.3 Å². The summed E-state index contributed by atoms with van der Waals surface area (Å²) in [4.78, 5) is 0. The van der Waals surface area contributed by atoms with E-state index in [9.17, 15) is 0 Å². The SMILES string of the molecule is COc1cccc(CC(C)(C#N)C#N)c1. The summed E-state index contributed by atoms with van der Waals surface area (Å²) < 4.78 is 5.07. The Labute approximate surface area is 89.5 Å². The van der Waals surface area contributed by atoms with Gasteiger partial charge in [-0.15, -0.1) is 0 Å². The third kappa shape index (κ3) is 2.72. The van der Waals surface area contributed by atoms with Crippen LogP contribution in [0.15, 0.2) is 24.3 Å². The van der Waals surface area contributed by atoms with Gasteiger partial charge in [-0.1, -0.05) is 12.1 Å². The van der Waals surface area contributed by atoms with E-state index in [1.54, 1.807) is 14.0 Å². The molecule has 0 aliphatic carbocycles. The van der Waals surface area contributed by atoms with Crippen LogP contribution in [0.25, 0.3) is 0 Å². The Morgan fingerprint density at radius 3 is 2.53 bits per heavy atom. The molecule has 0 unspecified atom stereocenters. The van der Waals surface area contributed by atoms with Gasteiger partial charge in [0.2, 0.25) is 0 Å². The molecule has 0 saturated carbocycles. The second-order valence-electron chi connectivity index (χ2n) is 3.58. The molecule has 1 aromatic rings. The van der Waals surface area contributed by atoms with Crippen molar-refractivity contribution < 1.29 is 4.74 Å². The molecular formula is C12H12N2O. The molecule has 0 aromatic heterocycles. The standard InChI is InChI=1S/C12H12N2O/c1-12(8-13,9-14)7-10-4-3-5-11(6-10)15-2/h3-6H,7H2,1-2H3. The summed E-state index contributed by atoms with van der Waals surface area (Å²) in [5, 5.41) is 17.7. The predicted molar refractivity (Wildman–Crippen MR) is 56.0 cm³/mol. The number of rotatable bonds is 3. The van der Waals surface area contributed by atoms with Crippen molar-refractivity contribution in [3.8, 4) is 17.9 Å². The van der Waals surface area contributed by atoms with Gasteiger partial charge in [0.15, 0.2) is 0 Å². The highest BCUT2D eigenvalue weighted by molar-refractivity contribution is 5.31. The summed E-state index contributed by atoms with van der Waals surface area (Å²) in [6.07, 6.45) is 0.414. The van der Waals surface area contributed by atoms with E-state index in [0.29, 0.717) is 6.42 Å². The van der Waals surface area contributed by atoms with Crippen LogP contribution in [0.4, 0.5) is 0 Å².